The van der Waals surface area contributed by atoms with Gasteiger partial charge >= 0.3 is 0 Å². The van der Waals surface area contributed by atoms with Gasteiger partial charge in [-0.1, -0.05) is 0 Å². The van der Waals surface area contributed by atoms with Crippen molar-refractivity contribution in [2.45, 2.75) is 19.3 Å². The first-order valence-corrected chi connectivity index (χ1v) is 5.39. The molecule has 1 atom stereocenters. The van der Waals surface area contributed by atoms with Gasteiger partial charge in [-0.05, 0) is 19.3 Å². The molecule has 0 saturated carbocycles. The van der Waals surface area contributed by atoms with E-state index in [1.807, 2.05) is 0 Å². The van der Waals surface area contributed by atoms with Crippen LogP contribution in [0.15, 0.2) is 0 Å². The van der Waals surface area contributed by atoms with E-state index >= 15 is 0 Å². The quantitative estimate of drug-likeness (QED) is 0.599. The van der Waals surface area contributed by atoms with Gasteiger partial charge in [-0.3, -0.25) is 0 Å². The highest BCUT2D eigenvalue weighted by atomic mass is 16.5. The van der Waals surface area contributed by atoms with E-state index < -0.39 is 0 Å². The fourth-order valence-electron chi connectivity index (χ4n) is 1.62. The topological polar surface area (TPSA) is 51.5 Å². The van der Waals surface area contributed by atoms with E-state index in [1.165, 1.54) is 0 Å². The summed E-state index contributed by atoms with van der Waals surface area (Å²) < 4.78 is 15.6. The first-order chi connectivity index (χ1) is 7.33. The Kier molecular flexibility index (Phi) is 5.62. The van der Waals surface area contributed by atoms with E-state index in [2.05, 4.69) is 6.07 Å². The van der Waals surface area contributed by atoms with Crippen molar-refractivity contribution in [2.75, 3.05) is 40.1 Å². The lowest BCUT2D eigenvalue weighted by Gasteiger charge is -2.17. The molecule has 0 aromatic rings. The Labute approximate surface area is 91.1 Å². The van der Waals surface area contributed by atoms with Gasteiger partial charge in [0, 0.05) is 33.5 Å². The van der Waals surface area contributed by atoms with E-state index in [1.54, 1.807) is 7.11 Å². The van der Waals surface area contributed by atoms with Gasteiger partial charge in [-0.2, -0.15) is 5.26 Å². The van der Waals surface area contributed by atoms with Crippen LogP contribution in [0.1, 0.15) is 19.3 Å². The van der Waals surface area contributed by atoms with Crippen molar-refractivity contribution in [1.29, 1.82) is 5.26 Å². The van der Waals surface area contributed by atoms with Crippen LogP contribution in [0.3, 0.4) is 0 Å². The highest BCUT2D eigenvalue weighted by molar-refractivity contribution is 5.01. The number of ether oxygens (including phenoxy) is 3. The summed E-state index contributed by atoms with van der Waals surface area (Å²) in [7, 11) is 1.68. The van der Waals surface area contributed by atoms with Gasteiger partial charge in [0.15, 0.2) is 0 Å². The SMILES string of the molecule is COCCCOCCC1(C#N)CCOC1. The molecule has 1 fully saturated rings. The van der Waals surface area contributed by atoms with Crippen LogP contribution in [0.4, 0.5) is 0 Å². The summed E-state index contributed by atoms with van der Waals surface area (Å²) in [6.45, 7) is 3.34. The Balaban J connectivity index is 2.06. The summed E-state index contributed by atoms with van der Waals surface area (Å²) in [6.07, 6.45) is 2.52. The molecule has 1 saturated heterocycles. The maximum absolute atomic E-state index is 9.05. The molecule has 0 radical (unpaired) electrons. The summed E-state index contributed by atoms with van der Waals surface area (Å²) in [5, 5.41) is 9.05. The van der Waals surface area contributed by atoms with Crippen molar-refractivity contribution in [2.24, 2.45) is 5.41 Å². The third-order valence-electron chi connectivity index (χ3n) is 2.70. The van der Waals surface area contributed by atoms with Crippen molar-refractivity contribution in [3.8, 4) is 6.07 Å². The van der Waals surface area contributed by atoms with Crippen LogP contribution >= 0.6 is 0 Å². The number of nitriles is 1. The molecule has 86 valence electrons. The fraction of sp³-hybridized carbons (Fsp3) is 0.909. The third kappa shape index (κ3) is 4.17. The molecule has 1 aliphatic heterocycles. The Morgan fingerprint density at radius 2 is 2.27 bits per heavy atom. The van der Waals surface area contributed by atoms with Gasteiger partial charge in [0.1, 0.15) is 0 Å². The predicted octanol–water partition coefficient (Wildman–Crippen LogP) is 1.36. The lowest BCUT2D eigenvalue weighted by atomic mass is 9.86. The molecule has 1 unspecified atom stereocenters. The van der Waals surface area contributed by atoms with Crippen molar-refractivity contribution in [3.05, 3.63) is 0 Å². The summed E-state index contributed by atoms with van der Waals surface area (Å²) in [5.41, 5.74) is -0.290. The second-order valence-corrected chi connectivity index (χ2v) is 3.90. The van der Waals surface area contributed by atoms with E-state index in [0.29, 0.717) is 26.4 Å². The fourth-order valence-corrected chi connectivity index (χ4v) is 1.62. The molecule has 0 spiro atoms. The van der Waals surface area contributed by atoms with Crippen LogP contribution in [-0.4, -0.2) is 40.1 Å². The van der Waals surface area contributed by atoms with E-state index in [4.69, 9.17) is 19.5 Å². The lowest BCUT2D eigenvalue weighted by Crippen LogP contribution is -2.21. The lowest BCUT2D eigenvalue weighted by molar-refractivity contribution is 0.0815. The minimum absolute atomic E-state index is 0.290. The van der Waals surface area contributed by atoms with Gasteiger partial charge in [0.2, 0.25) is 0 Å². The smallest absolute Gasteiger partial charge is 0.0850 e. The molecule has 1 aliphatic rings. The summed E-state index contributed by atoms with van der Waals surface area (Å²) >= 11 is 0. The van der Waals surface area contributed by atoms with Gasteiger partial charge in [-0.25, -0.2) is 0 Å². The van der Waals surface area contributed by atoms with E-state index in [0.717, 1.165) is 25.9 Å². The molecule has 0 bridgehead atoms. The standard InChI is InChI=1S/C11H19NO3/c1-13-5-2-6-14-7-3-11(9-12)4-8-15-10-11/h2-8,10H2,1H3. The highest BCUT2D eigenvalue weighted by Gasteiger charge is 2.34. The molecule has 0 aliphatic carbocycles. The number of methoxy groups -OCH3 is 1. The summed E-state index contributed by atoms with van der Waals surface area (Å²) in [4.78, 5) is 0. The van der Waals surface area contributed by atoms with Crippen molar-refractivity contribution in [1.82, 2.24) is 0 Å². The normalized spacial score (nSPS) is 25.3. The van der Waals surface area contributed by atoms with Crippen LogP contribution in [0.2, 0.25) is 0 Å². The van der Waals surface area contributed by atoms with Gasteiger partial charge in [0.25, 0.3) is 0 Å². The van der Waals surface area contributed by atoms with Crippen LogP contribution in [0.25, 0.3) is 0 Å². The molecule has 1 rings (SSSR count). The third-order valence-corrected chi connectivity index (χ3v) is 2.70. The van der Waals surface area contributed by atoms with Crippen LogP contribution in [0.5, 0.6) is 0 Å². The largest absolute Gasteiger partial charge is 0.385 e. The average molecular weight is 213 g/mol. The van der Waals surface area contributed by atoms with Gasteiger partial charge < -0.3 is 14.2 Å². The minimum atomic E-state index is -0.290. The second-order valence-electron chi connectivity index (χ2n) is 3.90. The predicted molar refractivity (Wildman–Crippen MR) is 55.4 cm³/mol. The van der Waals surface area contributed by atoms with E-state index in [9.17, 15) is 0 Å². The number of rotatable bonds is 7. The van der Waals surface area contributed by atoms with Crippen molar-refractivity contribution < 1.29 is 14.2 Å². The Hall–Kier alpha value is -0.630. The van der Waals surface area contributed by atoms with Crippen molar-refractivity contribution >= 4 is 0 Å². The van der Waals surface area contributed by atoms with E-state index in [-0.39, 0.29) is 5.41 Å². The summed E-state index contributed by atoms with van der Waals surface area (Å²) in [6, 6.07) is 2.35. The minimum Gasteiger partial charge on any atom is -0.385 e. The number of hydrogen-bond donors (Lipinski definition) is 0. The Morgan fingerprint density at radius 1 is 1.40 bits per heavy atom. The molecule has 0 aromatic carbocycles. The molecule has 15 heavy (non-hydrogen) atoms. The first-order valence-electron chi connectivity index (χ1n) is 5.39. The maximum atomic E-state index is 9.05. The molecular formula is C11H19NO3. The molecular weight excluding hydrogens is 194 g/mol. The zero-order valence-electron chi connectivity index (χ0n) is 9.33. The van der Waals surface area contributed by atoms with Gasteiger partial charge in [0.05, 0.1) is 18.1 Å². The molecule has 4 nitrogen and oxygen atoms in total. The molecule has 0 aromatic heterocycles. The van der Waals surface area contributed by atoms with Crippen LogP contribution in [-0.2, 0) is 14.2 Å². The van der Waals surface area contributed by atoms with Gasteiger partial charge in [-0.15, -0.1) is 0 Å². The average Bonchev–Trinajstić information content (AvgIpc) is 2.73. The monoisotopic (exact) mass is 213 g/mol. The second kappa shape index (κ2) is 6.78. The highest BCUT2D eigenvalue weighted by Crippen LogP contribution is 2.31. The van der Waals surface area contributed by atoms with Crippen LogP contribution in [0, 0.1) is 16.7 Å². The molecule has 1 heterocycles. The zero-order valence-corrected chi connectivity index (χ0v) is 9.33. The first kappa shape index (κ1) is 12.4. The Bertz CT molecular complexity index is 206. The molecule has 4 heteroatoms. The Morgan fingerprint density at radius 3 is 2.87 bits per heavy atom. The number of nitrogens with zero attached hydrogens (tertiary/aromatic N) is 1. The maximum Gasteiger partial charge on any atom is 0.0850 e. The van der Waals surface area contributed by atoms with Crippen molar-refractivity contribution in [3.63, 3.8) is 0 Å². The molecule has 0 amide bonds. The molecule has 0 N–H and O–H groups in total. The number of hydrogen-bond acceptors (Lipinski definition) is 4. The zero-order chi connectivity index (χ0) is 11.0. The van der Waals surface area contributed by atoms with Crippen LogP contribution < -0.4 is 0 Å². The summed E-state index contributed by atoms with van der Waals surface area (Å²) in [5.74, 6) is 0.